The van der Waals surface area contributed by atoms with Crippen molar-refractivity contribution >= 4 is 105 Å². The number of nitrogen functional groups attached to an aromatic ring is 1. The van der Waals surface area contributed by atoms with Crippen LogP contribution in [-0.2, 0) is 54.9 Å². The molecule has 3 aromatic heterocycles. The van der Waals surface area contributed by atoms with Gasteiger partial charge in [0, 0.05) is 98.1 Å². The molecule has 7 heterocycles. The lowest BCUT2D eigenvalue weighted by molar-refractivity contribution is -0.671. The molecule has 472 valence electrons. The van der Waals surface area contributed by atoms with E-state index in [4.69, 9.17) is 29.8 Å². The molecule has 0 spiro atoms. The molecule has 6 fully saturated rings. The van der Waals surface area contributed by atoms with Gasteiger partial charge in [-0.25, -0.2) is 14.3 Å². The molecule has 3 N–H and O–H groups in total. The molecule has 3 aliphatic carbocycles. The van der Waals surface area contributed by atoms with E-state index in [-0.39, 0.29) is 82.9 Å². The second-order valence-corrected chi connectivity index (χ2v) is 30.9. The van der Waals surface area contributed by atoms with E-state index in [2.05, 4.69) is 66.1 Å². The Bertz CT molecular complexity index is 3090. The number of ketones is 1. The highest BCUT2D eigenvalue weighted by Gasteiger charge is 2.69. The highest BCUT2D eigenvalue weighted by atomic mass is 32.2. The number of anilines is 1. The first kappa shape index (κ1) is 65.1. The first-order chi connectivity index (χ1) is 41.8. The summed E-state index contributed by atoms with van der Waals surface area (Å²) in [6.45, 7) is 15.2. The molecule has 24 heteroatoms. The number of rotatable bonds is 26. The van der Waals surface area contributed by atoms with Crippen LogP contribution in [0.15, 0.2) is 62.7 Å². The van der Waals surface area contributed by atoms with Gasteiger partial charge in [-0.3, -0.25) is 28.9 Å². The fourth-order valence-electron chi connectivity index (χ4n) is 15.2. The number of aromatic nitrogens is 4. The van der Waals surface area contributed by atoms with Crippen molar-refractivity contribution in [1.29, 1.82) is 0 Å². The average molecular weight is 1290 g/mol. The van der Waals surface area contributed by atoms with Crippen LogP contribution in [0.1, 0.15) is 156 Å². The number of amides is 2. The van der Waals surface area contributed by atoms with Crippen molar-refractivity contribution in [1.82, 2.24) is 29.5 Å². The first-order valence-corrected chi connectivity index (χ1v) is 35.8. The number of thioether (sulfide) groups is 3. The van der Waals surface area contributed by atoms with Crippen molar-refractivity contribution in [2.45, 2.75) is 195 Å². The lowest BCUT2D eigenvalue weighted by atomic mass is 9.44. The van der Waals surface area contributed by atoms with Crippen LogP contribution in [0.5, 0.6) is 0 Å². The summed E-state index contributed by atoms with van der Waals surface area (Å²) in [5.74, 6) is -1.60. The van der Waals surface area contributed by atoms with Crippen LogP contribution in [0.3, 0.4) is 0 Å². The molecule has 7 aliphatic rings. The monoisotopic (exact) mass is 1290 g/mol. The van der Waals surface area contributed by atoms with E-state index in [1.807, 2.05) is 47.6 Å². The van der Waals surface area contributed by atoms with Gasteiger partial charge in [0.1, 0.15) is 48.8 Å². The molecule has 2 amide bonds. The average Bonchev–Trinajstić information content (AvgIpc) is 1.70. The minimum absolute atomic E-state index is 0.0227. The summed E-state index contributed by atoms with van der Waals surface area (Å²) >= 11 is 6.84. The molecule has 12 atom stereocenters. The summed E-state index contributed by atoms with van der Waals surface area (Å²) in [6, 6.07) is 4.18. The van der Waals surface area contributed by atoms with E-state index in [0.29, 0.717) is 63.8 Å². The Morgan fingerprint density at radius 1 is 0.966 bits per heavy atom. The zero-order valence-electron chi connectivity index (χ0n) is 51.3. The van der Waals surface area contributed by atoms with Crippen molar-refractivity contribution in [2.75, 3.05) is 37.5 Å². The highest BCUT2D eigenvalue weighted by molar-refractivity contribution is 8.07. The second-order valence-electron chi connectivity index (χ2n) is 25.5. The number of esters is 3. The van der Waals surface area contributed by atoms with E-state index < -0.39 is 52.2 Å². The number of hydrogen-bond acceptors (Lipinski definition) is 21. The van der Waals surface area contributed by atoms with Crippen LogP contribution < -0.4 is 15.6 Å². The Labute approximate surface area is 532 Å². The summed E-state index contributed by atoms with van der Waals surface area (Å²) in [5, 5.41) is 8.63. The number of fused-ring (bicyclic) bond motifs is 3. The standard InChI is InChI=1S/C63H85N9O10S5/c1-9-61(5)33-46(81-48(75)36-83-42-31-40-20-21-41(32-42)71(40)8)62(6)37(3)22-26-63(27-23-44(73)52(62)63)38(4)53(61)82-47(74)19-17-15-13-11-12-14-16-18-30-79-58(78)51-45(86-60-65-43(34-85-60)39-24-28-70(7)29-25-39)35-84-57-50(56(77)72(51)57)66-55(76)49(68-80-10-2)54-67-59(64)87-69-54/h9,24-25,28-29,34,37-38,40-42,46,50,52-53,57H,1,10-23,26-27,30-33,35-36H2,2-8H3,(H2-,64,66,67,69,76)/p+1/b68-49+/t37?,38-,40?,41?,42?,46+,50-,52?,53+,57?,61+,62-,63?/m1/s1. The number of ether oxygens (including phenoxy) is 3. The summed E-state index contributed by atoms with van der Waals surface area (Å²) in [6.07, 6.45) is 20.1. The van der Waals surface area contributed by atoms with Gasteiger partial charge in [0.2, 0.25) is 11.5 Å². The molecular weight excluding hydrogens is 1200 g/mol. The maximum atomic E-state index is 14.3. The number of piperidine rings is 1. The molecule has 4 aliphatic heterocycles. The normalized spacial score (nSPS) is 31.3. The molecule has 10 rings (SSSR count). The number of thiazole rings is 1. The van der Waals surface area contributed by atoms with Gasteiger partial charge in [0.15, 0.2) is 21.9 Å². The SMILES string of the molecule is C=C[C@@]1(C)C[C@H](OC(=O)CSC2CC3CCC(C2)N3C)[C@@]2(C)C(C)CCC3(CCC(=O)C32)[C@H](C)[C@@H]1OC(=O)CCCCCCCCCCOC(=O)C1=C(Sc2nc(-c3cc[n+](C)cc3)cs2)CSC2[C@H](NC(=O)/C(=N/OCC)c3nsc(N)n3)C(=O)N12. The van der Waals surface area contributed by atoms with Crippen LogP contribution >= 0.6 is 58.2 Å². The number of nitrogens with zero attached hydrogens (tertiary/aromatic N) is 7. The molecule has 3 saturated carbocycles. The Morgan fingerprint density at radius 2 is 1.68 bits per heavy atom. The number of aryl methyl sites for hydroxylation is 1. The Morgan fingerprint density at radius 3 is 2.37 bits per heavy atom. The van der Waals surface area contributed by atoms with E-state index in [0.717, 1.165) is 93.4 Å². The molecule has 3 saturated heterocycles. The smallest absolute Gasteiger partial charge is 0.355 e. The number of Topliss-reactive ketones (excluding diaryl/α,β-unsaturated/α-hetero) is 1. The summed E-state index contributed by atoms with van der Waals surface area (Å²) in [7, 11) is 4.18. The lowest BCUT2D eigenvalue weighted by Gasteiger charge is -2.62. The number of nitrogens with two attached hydrogens (primary N) is 1. The van der Waals surface area contributed by atoms with Gasteiger partial charge in [0.25, 0.3) is 11.8 Å². The third-order valence-electron chi connectivity index (χ3n) is 20.3. The summed E-state index contributed by atoms with van der Waals surface area (Å²) in [5.41, 5.74) is 5.84. The highest BCUT2D eigenvalue weighted by Crippen LogP contribution is 2.68. The van der Waals surface area contributed by atoms with Gasteiger partial charge in [-0.05, 0) is 89.5 Å². The zero-order valence-corrected chi connectivity index (χ0v) is 55.4. The van der Waals surface area contributed by atoms with Gasteiger partial charge in [0.05, 0.1) is 18.1 Å². The van der Waals surface area contributed by atoms with Gasteiger partial charge >= 0.3 is 17.9 Å². The number of nitrogens with one attached hydrogen (secondary N) is 1. The van der Waals surface area contributed by atoms with Gasteiger partial charge in [-0.1, -0.05) is 89.2 Å². The minimum Gasteiger partial charge on any atom is -0.461 e. The summed E-state index contributed by atoms with van der Waals surface area (Å²) in [4.78, 5) is 103. The fraction of sp³-hybridized carbons (Fsp3) is 0.667. The van der Waals surface area contributed by atoms with Crippen molar-refractivity contribution in [3.05, 3.63) is 59.0 Å². The number of carbonyl (C=O) groups excluding carboxylic acids is 6. The number of β-lactam (4-membered cyclic amide) rings is 1. The van der Waals surface area contributed by atoms with Crippen LogP contribution in [0, 0.1) is 34.0 Å². The van der Waals surface area contributed by atoms with E-state index in [1.54, 1.807) is 18.7 Å². The minimum atomic E-state index is -0.971. The quantitative estimate of drug-likeness (QED) is 0.0111. The molecule has 0 radical (unpaired) electrons. The van der Waals surface area contributed by atoms with Crippen LogP contribution in [0.2, 0.25) is 0 Å². The first-order valence-electron chi connectivity index (χ1n) is 31.2. The van der Waals surface area contributed by atoms with Gasteiger partial charge < -0.3 is 35.0 Å². The topological polar surface area (TPSA) is 239 Å². The van der Waals surface area contributed by atoms with E-state index in [9.17, 15) is 28.8 Å². The van der Waals surface area contributed by atoms with Gasteiger partial charge in [-0.2, -0.15) is 9.36 Å². The Hall–Kier alpha value is -4.88. The number of hydrogen-bond donors (Lipinski definition) is 2. The molecule has 87 heavy (non-hydrogen) atoms. The van der Waals surface area contributed by atoms with Crippen molar-refractivity contribution in [3.63, 3.8) is 0 Å². The Kier molecular flexibility index (Phi) is 21.0. The van der Waals surface area contributed by atoms with Crippen molar-refractivity contribution in [3.8, 4) is 11.3 Å². The third-order valence-corrected chi connectivity index (χ3v) is 25.6. The fourth-order valence-corrected chi connectivity index (χ4v) is 20.2. The number of oxime groups is 1. The van der Waals surface area contributed by atoms with Gasteiger partial charge in [-0.15, -0.1) is 41.4 Å². The van der Waals surface area contributed by atoms with E-state index >= 15 is 0 Å². The maximum absolute atomic E-state index is 14.3. The van der Waals surface area contributed by atoms with Crippen molar-refractivity contribution < 1.29 is 52.4 Å². The number of carbonyl (C=O) groups is 6. The van der Waals surface area contributed by atoms with E-state index in [1.165, 1.54) is 52.6 Å². The summed E-state index contributed by atoms with van der Waals surface area (Å²) < 4.78 is 26.0. The predicted molar refractivity (Wildman–Crippen MR) is 340 cm³/mol. The number of unbranched alkanes of at least 4 members (excludes halogenated alkanes) is 7. The Balaban J connectivity index is 0.696. The second kappa shape index (κ2) is 28.1. The molecule has 19 nitrogen and oxygen atoms in total. The maximum Gasteiger partial charge on any atom is 0.355 e. The van der Waals surface area contributed by atoms with Crippen LogP contribution in [0.25, 0.3) is 11.3 Å². The van der Waals surface area contributed by atoms with Crippen LogP contribution in [0.4, 0.5) is 5.13 Å². The largest absolute Gasteiger partial charge is 0.461 e. The number of pyridine rings is 1. The molecule has 4 bridgehead atoms. The zero-order chi connectivity index (χ0) is 61.8. The molecule has 3 aromatic rings. The third kappa shape index (κ3) is 13.8. The molecule has 0 aromatic carbocycles. The van der Waals surface area contributed by atoms with Crippen molar-refractivity contribution in [2.24, 2.45) is 46.2 Å². The van der Waals surface area contributed by atoms with Crippen LogP contribution in [-0.4, -0.2) is 138 Å². The molecular formula is C63H86N9O10S5+. The predicted octanol–water partition coefficient (Wildman–Crippen LogP) is 10.1. The lowest BCUT2D eigenvalue weighted by Crippen LogP contribution is -2.71. The molecule has 6 unspecified atom stereocenters.